The molecule has 1 aromatic heterocycles. The van der Waals surface area contributed by atoms with Gasteiger partial charge in [0.1, 0.15) is 0 Å². The predicted octanol–water partition coefficient (Wildman–Crippen LogP) is 6.17. The molecule has 1 fully saturated rings. The monoisotopic (exact) mass is 540 g/mol. The van der Waals surface area contributed by atoms with Crippen LogP contribution in [-0.4, -0.2) is 32.5 Å². The van der Waals surface area contributed by atoms with E-state index in [0.29, 0.717) is 29.4 Å². The topological polar surface area (TPSA) is 79.6 Å². The molecular formula is C29H30Cl2N2O4. The summed E-state index contributed by atoms with van der Waals surface area (Å²) in [7, 11) is 0. The van der Waals surface area contributed by atoms with E-state index in [9.17, 15) is 19.5 Å². The first-order valence-corrected chi connectivity index (χ1v) is 13.1. The second kappa shape index (κ2) is 11.1. The van der Waals surface area contributed by atoms with Crippen LogP contribution in [0.4, 0.5) is 0 Å². The van der Waals surface area contributed by atoms with Crippen LogP contribution in [-0.2, 0) is 16.1 Å². The van der Waals surface area contributed by atoms with Crippen LogP contribution in [0.2, 0.25) is 10.0 Å². The zero-order valence-corrected chi connectivity index (χ0v) is 22.3. The molecule has 0 radical (unpaired) electrons. The van der Waals surface area contributed by atoms with Gasteiger partial charge in [0.15, 0.2) is 0 Å². The fourth-order valence-electron chi connectivity index (χ4n) is 5.47. The van der Waals surface area contributed by atoms with Crippen LogP contribution in [0.3, 0.4) is 0 Å². The molecule has 1 amide bonds. The summed E-state index contributed by atoms with van der Waals surface area (Å²) >= 11 is 12.6. The van der Waals surface area contributed by atoms with Crippen molar-refractivity contribution in [1.29, 1.82) is 0 Å². The van der Waals surface area contributed by atoms with E-state index in [0.717, 1.165) is 11.1 Å². The van der Waals surface area contributed by atoms with Crippen LogP contribution >= 0.6 is 23.2 Å². The third-order valence-corrected chi connectivity index (χ3v) is 7.78. The summed E-state index contributed by atoms with van der Waals surface area (Å²) in [5.74, 6) is -1.43. The maximum atomic E-state index is 14.1. The molecule has 1 N–H and O–H groups in total. The second-order valence-electron chi connectivity index (χ2n) is 10.1. The van der Waals surface area contributed by atoms with Gasteiger partial charge >= 0.3 is 5.97 Å². The molecule has 2 aromatic carbocycles. The molecule has 0 aliphatic carbocycles. The number of rotatable bonds is 8. The van der Waals surface area contributed by atoms with Gasteiger partial charge in [-0.1, -0.05) is 60.5 Å². The van der Waals surface area contributed by atoms with Crippen LogP contribution in [0.5, 0.6) is 0 Å². The van der Waals surface area contributed by atoms with Crippen molar-refractivity contribution in [1.82, 2.24) is 9.47 Å². The standard InChI is InChI=1S/C29H30Cl2N2O4/c1-19(13-15-32-14-4-3-8-25(32)34)33-27(20-9-11-22(30)12-10-20)24(21-6-5-7-23(31)16-21)17-29(2,28(33)37)18-26(35)36/h3-12,14,16,19,24,27H,13,15,17-18H2,1-2H3,(H,35,36)/t19-,24+,27+,29+/m0/s1. The number of hydrogen-bond donors (Lipinski definition) is 1. The van der Waals surface area contributed by atoms with Gasteiger partial charge in [-0.05, 0) is 61.2 Å². The summed E-state index contributed by atoms with van der Waals surface area (Å²) < 4.78 is 1.62. The van der Waals surface area contributed by atoms with Gasteiger partial charge in [0, 0.05) is 40.8 Å². The van der Waals surface area contributed by atoms with Gasteiger partial charge in [-0.2, -0.15) is 0 Å². The van der Waals surface area contributed by atoms with Crippen molar-refractivity contribution in [2.75, 3.05) is 0 Å². The Morgan fingerprint density at radius 2 is 1.76 bits per heavy atom. The largest absolute Gasteiger partial charge is 0.481 e. The number of piperidine rings is 1. The molecule has 0 saturated carbocycles. The summed E-state index contributed by atoms with van der Waals surface area (Å²) in [6.07, 6.45) is 2.32. The SMILES string of the molecule is C[C@@H](CCn1ccccc1=O)N1C(=O)[C@@](C)(CC(=O)O)C[C@H](c2cccc(Cl)c2)[C@H]1c1ccc(Cl)cc1. The number of likely N-dealkylation sites (tertiary alicyclic amines) is 1. The Bertz CT molecular complexity index is 1340. The quantitative estimate of drug-likeness (QED) is 0.370. The molecule has 4 atom stereocenters. The lowest BCUT2D eigenvalue weighted by molar-refractivity contribution is -0.160. The minimum absolute atomic E-state index is 0.110. The van der Waals surface area contributed by atoms with Crippen LogP contribution in [0.25, 0.3) is 0 Å². The first-order valence-electron chi connectivity index (χ1n) is 12.3. The van der Waals surface area contributed by atoms with Gasteiger partial charge in [-0.3, -0.25) is 14.4 Å². The number of hydrogen-bond acceptors (Lipinski definition) is 3. The first kappa shape index (κ1) is 27.0. The van der Waals surface area contributed by atoms with Gasteiger partial charge in [-0.25, -0.2) is 0 Å². The molecule has 0 unspecified atom stereocenters. The fraction of sp³-hybridized carbons (Fsp3) is 0.345. The van der Waals surface area contributed by atoms with Crippen molar-refractivity contribution in [2.24, 2.45) is 5.41 Å². The number of halogens is 2. The molecule has 3 aromatic rings. The Balaban J connectivity index is 1.81. The molecule has 0 bridgehead atoms. The minimum atomic E-state index is -1.11. The predicted molar refractivity (Wildman–Crippen MR) is 145 cm³/mol. The van der Waals surface area contributed by atoms with E-state index in [2.05, 4.69) is 0 Å². The molecular weight excluding hydrogens is 511 g/mol. The first-order chi connectivity index (χ1) is 17.6. The van der Waals surface area contributed by atoms with Crippen molar-refractivity contribution >= 4 is 35.1 Å². The second-order valence-corrected chi connectivity index (χ2v) is 10.9. The third-order valence-electron chi connectivity index (χ3n) is 7.29. The highest BCUT2D eigenvalue weighted by atomic mass is 35.5. The van der Waals surface area contributed by atoms with Gasteiger partial charge in [-0.15, -0.1) is 0 Å². The van der Waals surface area contributed by atoms with Crippen molar-refractivity contribution < 1.29 is 14.7 Å². The summed E-state index contributed by atoms with van der Waals surface area (Å²) in [6.45, 7) is 4.12. The van der Waals surface area contributed by atoms with Crippen molar-refractivity contribution in [3.8, 4) is 0 Å². The maximum Gasteiger partial charge on any atom is 0.304 e. The lowest BCUT2D eigenvalue weighted by atomic mass is 9.67. The Kier molecular flexibility index (Phi) is 8.10. The van der Waals surface area contributed by atoms with Crippen LogP contribution in [0.1, 0.15) is 56.2 Å². The van der Waals surface area contributed by atoms with Crippen LogP contribution in [0.15, 0.2) is 77.7 Å². The van der Waals surface area contributed by atoms with E-state index >= 15 is 0 Å². The molecule has 8 heteroatoms. The number of carbonyl (C=O) groups excluding carboxylic acids is 1. The van der Waals surface area contributed by atoms with Crippen LogP contribution in [0, 0.1) is 5.41 Å². The molecule has 1 aliphatic heterocycles. The lowest BCUT2D eigenvalue weighted by Crippen LogP contribution is -2.55. The molecule has 2 heterocycles. The van der Waals surface area contributed by atoms with Gasteiger partial charge < -0.3 is 14.6 Å². The molecule has 194 valence electrons. The Labute approximate surface area is 226 Å². The Hall–Kier alpha value is -3.09. The average molecular weight is 541 g/mol. The Morgan fingerprint density at radius 1 is 1.03 bits per heavy atom. The average Bonchev–Trinajstić information content (AvgIpc) is 2.85. The zero-order chi connectivity index (χ0) is 26.7. The van der Waals surface area contributed by atoms with Gasteiger partial charge in [0.2, 0.25) is 11.5 Å². The third kappa shape index (κ3) is 5.91. The van der Waals surface area contributed by atoms with Crippen molar-refractivity contribution in [3.05, 3.63) is 104 Å². The number of aliphatic carboxylic acids is 1. The van der Waals surface area contributed by atoms with E-state index in [-0.39, 0.29) is 35.9 Å². The molecule has 0 spiro atoms. The number of benzene rings is 2. The molecule has 6 nitrogen and oxygen atoms in total. The number of nitrogens with zero attached hydrogens (tertiary/aromatic N) is 2. The molecule has 1 aliphatic rings. The number of aromatic nitrogens is 1. The number of carbonyl (C=O) groups is 2. The van der Waals surface area contributed by atoms with E-state index in [4.69, 9.17) is 23.2 Å². The summed E-state index contributed by atoms with van der Waals surface area (Å²) in [6, 6.07) is 19.3. The highest BCUT2D eigenvalue weighted by molar-refractivity contribution is 6.30. The van der Waals surface area contributed by atoms with Gasteiger partial charge in [0.25, 0.3) is 0 Å². The summed E-state index contributed by atoms with van der Waals surface area (Å²) in [4.78, 5) is 40.1. The maximum absolute atomic E-state index is 14.1. The fourth-order valence-corrected chi connectivity index (χ4v) is 5.80. The minimum Gasteiger partial charge on any atom is -0.481 e. The summed E-state index contributed by atoms with van der Waals surface area (Å²) in [5, 5.41) is 10.9. The molecule has 37 heavy (non-hydrogen) atoms. The zero-order valence-electron chi connectivity index (χ0n) is 20.8. The van der Waals surface area contributed by atoms with E-state index in [1.165, 1.54) is 6.07 Å². The lowest BCUT2D eigenvalue weighted by Gasteiger charge is -2.51. The van der Waals surface area contributed by atoms with E-state index < -0.39 is 11.4 Å². The molecule has 4 rings (SSSR count). The normalized spacial score (nSPS) is 22.6. The van der Waals surface area contributed by atoms with Gasteiger partial charge in [0.05, 0.1) is 17.9 Å². The van der Waals surface area contributed by atoms with Crippen molar-refractivity contribution in [3.63, 3.8) is 0 Å². The smallest absolute Gasteiger partial charge is 0.304 e. The number of pyridine rings is 1. The van der Waals surface area contributed by atoms with Crippen LogP contribution < -0.4 is 5.56 Å². The number of aryl methyl sites for hydroxylation is 1. The summed E-state index contributed by atoms with van der Waals surface area (Å²) in [5.41, 5.74) is 0.623. The number of carboxylic acid groups (broad SMARTS) is 1. The molecule has 1 saturated heterocycles. The Morgan fingerprint density at radius 3 is 2.41 bits per heavy atom. The van der Waals surface area contributed by atoms with E-state index in [1.807, 2.05) is 42.2 Å². The number of carboxylic acids is 1. The number of amides is 1. The highest BCUT2D eigenvalue weighted by Crippen LogP contribution is 2.52. The van der Waals surface area contributed by atoms with E-state index in [1.54, 1.807) is 48.0 Å². The highest BCUT2D eigenvalue weighted by Gasteiger charge is 2.51. The van der Waals surface area contributed by atoms with Crippen molar-refractivity contribution in [2.45, 2.75) is 57.7 Å².